The van der Waals surface area contributed by atoms with Crippen LogP contribution >= 0.6 is 0 Å². The fourth-order valence-electron chi connectivity index (χ4n) is 8.97. The normalized spacial score (nSPS) is 11.9. The molecule has 9 rings (SSSR count). The van der Waals surface area contributed by atoms with Gasteiger partial charge in [0.2, 0.25) is 22.8 Å². The van der Waals surface area contributed by atoms with Crippen molar-refractivity contribution in [3.63, 3.8) is 0 Å². The molecule has 0 atom stereocenters. The molecule has 7 aromatic heterocycles. The summed E-state index contributed by atoms with van der Waals surface area (Å²) in [5.74, 6) is 0. The van der Waals surface area contributed by atoms with Crippen molar-refractivity contribution in [2.75, 3.05) is 39.6 Å². The minimum absolute atomic E-state index is 0. The Kier molecular flexibility index (Phi) is 16.8. The zero-order chi connectivity index (χ0) is 46.7. The van der Waals surface area contributed by atoms with Crippen LogP contribution < -0.4 is 28.2 Å². The van der Waals surface area contributed by atoms with Gasteiger partial charge in [-0.2, -0.15) is 18.3 Å². The van der Waals surface area contributed by atoms with Gasteiger partial charge >= 0.3 is 17.1 Å². The molecule has 0 aromatic carbocycles. The summed E-state index contributed by atoms with van der Waals surface area (Å²) in [7, 11) is 0. The predicted molar refractivity (Wildman–Crippen MR) is 265 cm³/mol. The molecule has 9 heterocycles. The van der Waals surface area contributed by atoms with Gasteiger partial charge in [-0.3, -0.25) is 0 Å². The predicted octanol–water partition coefficient (Wildman–Crippen LogP) is 7.35. The van der Waals surface area contributed by atoms with E-state index >= 15 is 0 Å². The fraction of sp³-hybridized carbons (Fsp3) is 0.286. The van der Waals surface area contributed by atoms with Crippen molar-refractivity contribution in [3.8, 4) is 45.0 Å². The van der Waals surface area contributed by atoms with Crippen LogP contribution in [0.15, 0.2) is 122 Å². The minimum atomic E-state index is -0.0378. The molecule has 0 saturated carbocycles. The topological polar surface area (TPSA) is 128 Å². The first-order valence-electron chi connectivity index (χ1n) is 24.0. The Hall–Kier alpha value is -6.44. The molecular weight excluding hydrogens is 904 g/mol. The third kappa shape index (κ3) is 10.9. The Morgan fingerprint density at radius 3 is 1.01 bits per heavy atom. The maximum Gasteiger partial charge on any atom is 2.00 e. The molecule has 12 nitrogen and oxygen atoms in total. The number of aliphatic hydroxyl groups is 2. The summed E-state index contributed by atoms with van der Waals surface area (Å²) in [5.41, 5.74) is 13.0. The van der Waals surface area contributed by atoms with E-state index in [9.17, 15) is 10.2 Å². The van der Waals surface area contributed by atoms with Gasteiger partial charge in [-0.05, 0) is 61.4 Å². The smallest absolute Gasteiger partial charge is 0.656 e. The summed E-state index contributed by atoms with van der Waals surface area (Å²) < 4.78 is 20.8. The molecule has 2 N–H and O–H groups in total. The Labute approximate surface area is 414 Å². The summed E-state index contributed by atoms with van der Waals surface area (Å²) in [6, 6.07) is 32.8. The second kappa shape index (κ2) is 23.7. The van der Waals surface area contributed by atoms with E-state index in [1.807, 2.05) is 57.9 Å². The molecule has 0 fully saturated rings. The van der Waals surface area contributed by atoms with Crippen LogP contribution in [0.4, 0.5) is 0 Å². The first-order valence-corrected chi connectivity index (χ1v) is 24.0. The van der Waals surface area contributed by atoms with Crippen LogP contribution in [0, 0.1) is 0 Å². The van der Waals surface area contributed by atoms with Gasteiger partial charge in [0.15, 0.2) is 51.0 Å². The number of nitrogens with zero attached hydrogens (tertiary/aromatic N) is 8. The molecule has 7 aromatic rings. The molecule has 1 radical (unpaired) electrons. The summed E-state index contributed by atoms with van der Waals surface area (Å²) in [4.78, 5) is 22.0. The van der Waals surface area contributed by atoms with Crippen LogP contribution in [0.1, 0.15) is 62.3 Å². The number of fused-ring (bicyclic) bond motifs is 8. The molecule has 0 spiro atoms. The van der Waals surface area contributed by atoms with Crippen molar-refractivity contribution in [2.24, 2.45) is 0 Å². The number of aliphatic hydroxyl groups excluding tert-OH is 2. The summed E-state index contributed by atoms with van der Waals surface area (Å²) in [5, 5.41) is 20.5. The van der Waals surface area contributed by atoms with Gasteiger partial charge in [-0.25, -0.2) is 9.97 Å². The van der Waals surface area contributed by atoms with Crippen LogP contribution in [0.5, 0.6) is 0 Å². The zero-order valence-electron chi connectivity index (χ0n) is 39.4. The first kappa shape index (κ1) is 49.0. The molecule has 2 aliphatic heterocycles. The van der Waals surface area contributed by atoms with E-state index in [0.29, 0.717) is 39.4 Å². The van der Waals surface area contributed by atoms with E-state index in [1.54, 1.807) is 0 Å². The molecule has 0 saturated heterocycles. The number of hydrogen-bond acceptors (Lipinski definition) is 6. The molecule has 69 heavy (non-hydrogen) atoms. The largest absolute Gasteiger partial charge is 2.00 e. The third-order valence-electron chi connectivity index (χ3n) is 12.3. The average molecular weight is 964 g/mol. The standard InChI is InChI=1S/C56H60N8O4.Mn/c1-3-5-37-67-39-33-63-29-13-9-17-51(63)55-45-23-21-43(58-45)53(49-15-7-11-27-61(49)31-35-65)41-19-20-42(57-41)54(50-16-8-12-28-62(50)32-36-66)44-22-24-46(59-44)56(48-26-25-47(55)60-48)52-18-10-14-30-64(52)34-40-68-38-6-4-2;/h7-30,65-66H,3-6,31-40H2,1-2H3;/q2*+2. The second-order valence-electron chi connectivity index (χ2n) is 16.9. The molecule has 2 aliphatic rings. The van der Waals surface area contributed by atoms with Crippen molar-refractivity contribution in [1.29, 1.82) is 0 Å². The quantitative estimate of drug-likeness (QED) is 0.0462. The Morgan fingerprint density at radius 2 is 0.725 bits per heavy atom. The van der Waals surface area contributed by atoms with Crippen molar-refractivity contribution in [1.82, 2.24) is 19.9 Å². The van der Waals surface area contributed by atoms with E-state index in [1.165, 1.54) is 0 Å². The van der Waals surface area contributed by atoms with Crippen LogP contribution in [0.25, 0.3) is 91.4 Å². The molecule has 351 valence electrons. The van der Waals surface area contributed by atoms with Crippen molar-refractivity contribution in [2.45, 2.75) is 65.7 Å². The average Bonchev–Trinajstić information content (AvgIpc) is 4.22. The minimum Gasteiger partial charge on any atom is -0.656 e. The van der Waals surface area contributed by atoms with E-state index in [2.05, 4.69) is 120 Å². The number of rotatable bonds is 20. The molecule has 0 unspecified atom stereocenters. The fourth-order valence-corrected chi connectivity index (χ4v) is 8.97. The summed E-state index contributed by atoms with van der Waals surface area (Å²) in [6.07, 6.45) is 20.6. The van der Waals surface area contributed by atoms with Gasteiger partial charge in [0, 0.05) is 61.7 Å². The van der Waals surface area contributed by atoms with E-state index < -0.39 is 0 Å². The zero-order valence-corrected chi connectivity index (χ0v) is 40.6. The maximum atomic E-state index is 10.3. The Bertz CT molecular complexity index is 2920. The van der Waals surface area contributed by atoms with Gasteiger partial charge in [0.05, 0.1) is 45.0 Å². The number of pyridine rings is 4. The molecule has 0 aliphatic carbocycles. The van der Waals surface area contributed by atoms with Gasteiger partial charge < -0.3 is 29.7 Å². The van der Waals surface area contributed by atoms with Crippen molar-refractivity contribution >= 4 is 46.4 Å². The molecule has 8 bridgehead atoms. The number of ether oxygens (including phenoxy) is 2. The van der Waals surface area contributed by atoms with E-state index in [0.717, 1.165) is 129 Å². The first-order chi connectivity index (χ1) is 33.6. The molecule has 0 amide bonds. The molecule has 13 heteroatoms. The van der Waals surface area contributed by atoms with Crippen molar-refractivity contribution < 1.29 is 55.0 Å². The van der Waals surface area contributed by atoms with Gasteiger partial charge in [-0.1, -0.05) is 51.0 Å². The summed E-state index contributed by atoms with van der Waals surface area (Å²) in [6.45, 7) is 8.91. The number of aromatic nitrogens is 8. The third-order valence-corrected chi connectivity index (χ3v) is 12.3. The SMILES string of the molecule is CCCCOCC[n+]1ccccc1-c1c2nc(c(-c3cccc[n+]3CCOCCCC)c3ccc([n-]3)c(-c3cccc[n+]3CCO)c3nc(c(-c4cccc[n+]4CCO)c4ccc1[n-]4)C=C3)C=C2.[Mn+2]. The second-order valence-corrected chi connectivity index (χ2v) is 16.9. The van der Waals surface area contributed by atoms with Gasteiger partial charge in [0.25, 0.3) is 0 Å². The van der Waals surface area contributed by atoms with Crippen LogP contribution in [-0.4, -0.2) is 59.8 Å². The molecular formula is C56H60MnN8O4+4. The van der Waals surface area contributed by atoms with Gasteiger partial charge in [-0.15, -0.1) is 22.1 Å². The van der Waals surface area contributed by atoms with Crippen molar-refractivity contribution in [3.05, 3.63) is 145 Å². The van der Waals surface area contributed by atoms with Crippen LogP contribution in [0.2, 0.25) is 0 Å². The summed E-state index contributed by atoms with van der Waals surface area (Å²) >= 11 is 0. The monoisotopic (exact) mass is 963 g/mol. The van der Waals surface area contributed by atoms with Crippen LogP contribution in [-0.2, 0) is 52.7 Å². The van der Waals surface area contributed by atoms with E-state index in [-0.39, 0.29) is 30.3 Å². The van der Waals surface area contributed by atoms with E-state index in [4.69, 9.17) is 29.4 Å². The van der Waals surface area contributed by atoms with Crippen LogP contribution in [0.3, 0.4) is 0 Å². The maximum absolute atomic E-state index is 10.3. The van der Waals surface area contributed by atoms with Gasteiger partial charge in [0.1, 0.15) is 26.4 Å². The Morgan fingerprint density at radius 1 is 0.420 bits per heavy atom. The Balaban J connectivity index is 0.00000642. The number of hydrogen-bond donors (Lipinski definition) is 2. The number of unbranched alkanes of at least 4 members (excludes halogenated alkanes) is 2.